The highest BCUT2D eigenvalue weighted by Crippen LogP contribution is 2.12. The van der Waals surface area contributed by atoms with Gasteiger partial charge in [-0.25, -0.2) is 0 Å². The predicted octanol–water partition coefficient (Wildman–Crippen LogP) is 3.18. The molecule has 3 nitrogen and oxygen atoms in total. The molecule has 0 saturated carbocycles. The van der Waals surface area contributed by atoms with E-state index >= 15 is 0 Å². The number of aliphatic carboxylic acids is 1. The van der Waals surface area contributed by atoms with Crippen molar-refractivity contribution in [3.63, 3.8) is 0 Å². The summed E-state index contributed by atoms with van der Waals surface area (Å²) >= 11 is 0. The fraction of sp³-hybridized carbons (Fsp3) is 0.562. The molecule has 19 heavy (non-hydrogen) atoms. The van der Waals surface area contributed by atoms with Crippen molar-refractivity contribution in [2.45, 2.75) is 46.7 Å². The molecule has 0 unspecified atom stereocenters. The summed E-state index contributed by atoms with van der Waals surface area (Å²) in [6, 6.07) is 8.41. The first-order valence-corrected chi connectivity index (χ1v) is 6.92. The molecule has 0 aliphatic heterocycles. The van der Waals surface area contributed by atoms with Crippen LogP contribution in [0.15, 0.2) is 24.3 Å². The Labute approximate surface area is 116 Å². The maximum atomic E-state index is 10.6. The molecule has 0 atom stereocenters. The molecular weight excluding hydrogens is 238 g/mol. The third kappa shape index (κ3) is 5.88. The van der Waals surface area contributed by atoms with Gasteiger partial charge in [0.2, 0.25) is 0 Å². The number of carbonyl (C=O) groups is 1. The normalized spacial score (nSPS) is 11.5. The molecule has 1 rings (SSSR count). The van der Waals surface area contributed by atoms with Crippen molar-refractivity contribution in [1.82, 2.24) is 4.90 Å². The van der Waals surface area contributed by atoms with Gasteiger partial charge >= 0.3 is 5.97 Å². The molecule has 0 spiro atoms. The lowest BCUT2D eigenvalue weighted by Gasteiger charge is -2.28. The molecule has 0 radical (unpaired) electrons. The zero-order valence-electron chi connectivity index (χ0n) is 12.4. The second kappa shape index (κ2) is 7.29. The van der Waals surface area contributed by atoms with E-state index in [9.17, 15) is 4.79 Å². The lowest BCUT2D eigenvalue weighted by atomic mass is 10.1. The fourth-order valence-corrected chi connectivity index (χ4v) is 2.10. The summed E-state index contributed by atoms with van der Waals surface area (Å²) in [6.45, 7) is 10.9. The minimum atomic E-state index is -0.781. The van der Waals surface area contributed by atoms with Gasteiger partial charge in [-0.15, -0.1) is 0 Å². The first kappa shape index (κ1) is 15.7. The Morgan fingerprint density at radius 2 is 1.63 bits per heavy atom. The van der Waals surface area contributed by atoms with Crippen molar-refractivity contribution >= 4 is 5.97 Å². The van der Waals surface area contributed by atoms with Crippen LogP contribution in [-0.4, -0.2) is 28.6 Å². The number of rotatable bonds is 7. The van der Waals surface area contributed by atoms with Gasteiger partial charge in [0.05, 0.1) is 6.42 Å². The summed E-state index contributed by atoms with van der Waals surface area (Å²) in [5, 5.41) is 8.75. The van der Waals surface area contributed by atoms with Gasteiger partial charge in [-0.2, -0.15) is 0 Å². The van der Waals surface area contributed by atoms with Crippen molar-refractivity contribution < 1.29 is 9.90 Å². The highest BCUT2D eigenvalue weighted by Gasteiger charge is 2.11. The van der Waals surface area contributed by atoms with Gasteiger partial charge in [0.15, 0.2) is 0 Å². The average Bonchev–Trinajstić information content (AvgIpc) is 2.29. The molecule has 1 aromatic carbocycles. The van der Waals surface area contributed by atoms with Crippen molar-refractivity contribution in [3.05, 3.63) is 35.4 Å². The molecular formula is C16H25NO2. The number of carboxylic acids is 1. The van der Waals surface area contributed by atoms with Gasteiger partial charge < -0.3 is 5.11 Å². The first-order chi connectivity index (χ1) is 8.88. The van der Waals surface area contributed by atoms with Crippen LogP contribution in [0.2, 0.25) is 0 Å². The Balaban J connectivity index is 2.66. The lowest BCUT2D eigenvalue weighted by molar-refractivity contribution is -0.136. The summed E-state index contributed by atoms with van der Waals surface area (Å²) < 4.78 is 0. The Bertz CT molecular complexity index is 396. The van der Waals surface area contributed by atoms with Crippen LogP contribution in [0.25, 0.3) is 0 Å². The third-order valence-electron chi connectivity index (χ3n) is 3.09. The molecule has 0 aliphatic rings. The van der Waals surface area contributed by atoms with E-state index in [0.717, 1.165) is 18.7 Å². The number of nitrogens with zero attached hydrogens (tertiary/aromatic N) is 1. The van der Waals surface area contributed by atoms with Crippen LogP contribution >= 0.6 is 0 Å². The van der Waals surface area contributed by atoms with Crippen LogP contribution in [0, 0.1) is 5.92 Å². The molecule has 1 aromatic rings. The van der Waals surface area contributed by atoms with Crippen molar-refractivity contribution in [2.75, 3.05) is 6.54 Å². The maximum Gasteiger partial charge on any atom is 0.307 e. The summed E-state index contributed by atoms with van der Waals surface area (Å²) in [5.74, 6) is -0.134. The van der Waals surface area contributed by atoms with E-state index in [2.05, 4.69) is 32.6 Å². The Hall–Kier alpha value is -1.35. The van der Waals surface area contributed by atoms with Crippen LogP contribution in [0.5, 0.6) is 0 Å². The zero-order chi connectivity index (χ0) is 14.4. The van der Waals surface area contributed by atoms with E-state index in [1.807, 2.05) is 24.3 Å². The van der Waals surface area contributed by atoms with E-state index in [4.69, 9.17) is 5.11 Å². The fourth-order valence-electron chi connectivity index (χ4n) is 2.10. The number of carboxylic acid groups (broad SMARTS) is 1. The van der Waals surface area contributed by atoms with Crippen LogP contribution < -0.4 is 0 Å². The molecule has 0 amide bonds. The minimum absolute atomic E-state index is 0.0974. The van der Waals surface area contributed by atoms with Crippen LogP contribution in [0.3, 0.4) is 0 Å². The SMILES string of the molecule is CC(C)CN(Cc1ccc(CC(=O)O)cc1)C(C)C. The summed E-state index contributed by atoms with van der Waals surface area (Å²) in [4.78, 5) is 13.1. The molecule has 0 aromatic heterocycles. The Morgan fingerprint density at radius 3 is 2.05 bits per heavy atom. The predicted molar refractivity (Wildman–Crippen MR) is 78.2 cm³/mol. The molecule has 0 aliphatic carbocycles. The van der Waals surface area contributed by atoms with Gasteiger partial charge in [-0.3, -0.25) is 9.69 Å². The van der Waals surface area contributed by atoms with Crippen molar-refractivity contribution in [1.29, 1.82) is 0 Å². The number of hydrogen-bond acceptors (Lipinski definition) is 2. The van der Waals surface area contributed by atoms with Gasteiger partial charge in [0, 0.05) is 19.1 Å². The number of hydrogen-bond donors (Lipinski definition) is 1. The average molecular weight is 263 g/mol. The van der Waals surface area contributed by atoms with Crippen LogP contribution in [0.1, 0.15) is 38.8 Å². The van der Waals surface area contributed by atoms with E-state index in [1.165, 1.54) is 5.56 Å². The Morgan fingerprint density at radius 1 is 1.11 bits per heavy atom. The standard InChI is InChI=1S/C16H25NO2/c1-12(2)10-17(13(3)4)11-15-7-5-14(6-8-15)9-16(18)19/h5-8,12-13H,9-11H2,1-4H3,(H,18,19). The molecule has 1 N–H and O–H groups in total. The van der Waals surface area contributed by atoms with E-state index in [-0.39, 0.29) is 6.42 Å². The molecule has 0 fully saturated rings. The van der Waals surface area contributed by atoms with Gasteiger partial charge in [0.1, 0.15) is 0 Å². The Kier molecular flexibility index (Phi) is 6.03. The van der Waals surface area contributed by atoms with E-state index in [1.54, 1.807) is 0 Å². The van der Waals surface area contributed by atoms with E-state index < -0.39 is 5.97 Å². The second-order valence-corrected chi connectivity index (χ2v) is 5.80. The molecule has 3 heteroatoms. The first-order valence-electron chi connectivity index (χ1n) is 6.92. The lowest BCUT2D eigenvalue weighted by Crippen LogP contribution is -2.33. The second-order valence-electron chi connectivity index (χ2n) is 5.80. The van der Waals surface area contributed by atoms with E-state index in [0.29, 0.717) is 12.0 Å². The number of benzene rings is 1. The highest BCUT2D eigenvalue weighted by atomic mass is 16.4. The monoisotopic (exact) mass is 263 g/mol. The van der Waals surface area contributed by atoms with Crippen LogP contribution in [0.4, 0.5) is 0 Å². The van der Waals surface area contributed by atoms with Crippen molar-refractivity contribution in [3.8, 4) is 0 Å². The quantitative estimate of drug-likeness (QED) is 0.821. The smallest absolute Gasteiger partial charge is 0.307 e. The van der Waals surface area contributed by atoms with Crippen molar-refractivity contribution in [2.24, 2.45) is 5.92 Å². The highest BCUT2D eigenvalue weighted by molar-refractivity contribution is 5.70. The summed E-state index contributed by atoms with van der Waals surface area (Å²) in [5.41, 5.74) is 2.10. The van der Waals surface area contributed by atoms with Gasteiger partial charge in [-0.1, -0.05) is 38.1 Å². The van der Waals surface area contributed by atoms with Gasteiger partial charge in [0.25, 0.3) is 0 Å². The topological polar surface area (TPSA) is 40.5 Å². The maximum absolute atomic E-state index is 10.6. The molecule has 106 valence electrons. The zero-order valence-corrected chi connectivity index (χ0v) is 12.4. The molecule has 0 heterocycles. The van der Waals surface area contributed by atoms with Crippen LogP contribution in [-0.2, 0) is 17.8 Å². The third-order valence-corrected chi connectivity index (χ3v) is 3.09. The minimum Gasteiger partial charge on any atom is -0.481 e. The molecule has 0 bridgehead atoms. The molecule has 0 saturated heterocycles. The summed E-state index contributed by atoms with van der Waals surface area (Å²) in [7, 11) is 0. The largest absolute Gasteiger partial charge is 0.481 e. The summed E-state index contributed by atoms with van der Waals surface area (Å²) in [6.07, 6.45) is 0.0974. The van der Waals surface area contributed by atoms with Gasteiger partial charge in [-0.05, 0) is 30.9 Å².